The average Bonchev–Trinajstić information content (AvgIpc) is 2.61. The van der Waals surface area contributed by atoms with E-state index in [4.69, 9.17) is 4.74 Å². The molecule has 0 heterocycles. The fourth-order valence-corrected chi connectivity index (χ4v) is 3.32. The highest BCUT2D eigenvalue weighted by molar-refractivity contribution is 7.89. The summed E-state index contributed by atoms with van der Waals surface area (Å²) < 4.78 is 44.5. The van der Waals surface area contributed by atoms with Crippen LogP contribution in [0.3, 0.4) is 0 Å². The van der Waals surface area contributed by atoms with Gasteiger partial charge in [0.1, 0.15) is 11.6 Å². The van der Waals surface area contributed by atoms with Crippen molar-refractivity contribution >= 4 is 33.2 Å². The first kappa shape index (κ1) is 21.3. The number of amides is 2. The van der Waals surface area contributed by atoms with Gasteiger partial charge >= 0.3 is 0 Å². The number of nitrogens with one attached hydrogen (secondary N) is 3. The Kier molecular flexibility index (Phi) is 7.07. The van der Waals surface area contributed by atoms with Gasteiger partial charge in [0.25, 0.3) is 0 Å². The third-order valence-corrected chi connectivity index (χ3v) is 5.04. The van der Waals surface area contributed by atoms with Gasteiger partial charge in [-0.15, -0.1) is 0 Å². The topological polar surface area (TPSA) is 114 Å². The van der Waals surface area contributed by atoms with Gasteiger partial charge < -0.3 is 15.4 Å². The van der Waals surface area contributed by atoms with Crippen molar-refractivity contribution in [3.63, 3.8) is 0 Å². The molecule has 0 aliphatic rings. The Hall–Kier alpha value is -2.98. The standard InChI is InChI=1S/C18H20FN3O5S/c1-12(23)21-16-11-14(5-8-17(16)27-2)22-18(24)9-10-20-28(25,26)15-6-3-13(19)4-7-15/h3-8,11,20H,9-10H2,1-2H3,(H,21,23)(H,22,24). The number of benzene rings is 2. The van der Waals surface area contributed by atoms with Gasteiger partial charge in [-0.3, -0.25) is 9.59 Å². The largest absolute Gasteiger partial charge is 0.495 e. The summed E-state index contributed by atoms with van der Waals surface area (Å²) in [6.07, 6.45) is -0.123. The molecule has 0 aliphatic heterocycles. The van der Waals surface area contributed by atoms with Crippen molar-refractivity contribution < 1.29 is 27.1 Å². The zero-order chi connectivity index (χ0) is 20.7. The van der Waals surface area contributed by atoms with Crippen LogP contribution in [0.1, 0.15) is 13.3 Å². The molecule has 0 saturated carbocycles. The Morgan fingerprint density at radius 3 is 2.36 bits per heavy atom. The normalized spacial score (nSPS) is 11.0. The predicted molar refractivity (Wildman–Crippen MR) is 102 cm³/mol. The Labute approximate surface area is 162 Å². The third-order valence-electron chi connectivity index (χ3n) is 3.56. The summed E-state index contributed by atoms with van der Waals surface area (Å²) in [5, 5.41) is 5.20. The summed E-state index contributed by atoms with van der Waals surface area (Å²) in [6, 6.07) is 9.05. The number of methoxy groups -OCH3 is 1. The Morgan fingerprint density at radius 1 is 1.07 bits per heavy atom. The molecule has 8 nitrogen and oxygen atoms in total. The predicted octanol–water partition coefficient (Wildman–Crippen LogP) is 2.10. The first-order chi connectivity index (χ1) is 13.2. The summed E-state index contributed by atoms with van der Waals surface area (Å²) in [6.45, 7) is 1.21. The number of rotatable bonds is 8. The fourth-order valence-electron chi connectivity index (χ4n) is 2.29. The van der Waals surface area contributed by atoms with Crippen LogP contribution in [0.15, 0.2) is 47.4 Å². The number of carbonyl (C=O) groups is 2. The van der Waals surface area contributed by atoms with E-state index < -0.39 is 21.7 Å². The smallest absolute Gasteiger partial charge is 0.240 e. The minimum atomic E-state index is -3.84. The number of ether oxygens (including phenoxy) is 1. The molecule has 2 aromatic carbocycles. The number of anilines is 2. The maximum absolute atomic E-state index is 12.9. The van der Waals surface area contributed by atoms with Crippen molar-refractivity contribution in [2.45, 2.75) is 18.2 Å². The van der Waals surface area contributed by atoms with Crippen molar-refractivity contribution in [3.8, 4) is 5.75 Å². The Bertz CT molecular complexity index is 962. The second-order valence-corrected chi connectivity index (χ2v) is 7.51. The van der Waals surface area contributed by atoms with Crippen molar-refractivity contribution in [2.75, 3.05) is 24.3 Å². The number of carbonyl (C=O) groups excluding carboxylic acids is 2. The van der Waals surface area contributed by atoms with Crippen LogP contribution in [0.2, 0.25) is 0 Å². The number of hydrogen-bond donors (Lipinski definition) is 3. The van der Waals surface area contributed by atoms with Gasteiger partial charge in [-0.05, 0) is 42.5 Å². The van der Waals surface area contributed by atoms with Crippen LogP contribution in [0.25, 0.3) is 0 Å². The van der Waals surface area contributed by atoms with Gasteiger partial charge in [-0.2, -0.15) is 0 Å². The van der Waals surface area contributed by atoms with Crippen LogP contribution >= 0.6 is 0 Å². The molecule has 0 radical (unpaired) electrons. The molecule has 3 N–H and O–H groups in total. The van der Waals surface area contributed by atoms with Gasteiger partial charge in [-0.1, -0.05) is 0 Å². The molecular formula is C18H20FN3O5S. The minimum Gasteiger partial charge on any atom is -0.495 e. The highest BCUT2D eigenvalue weighted by Crippen LogP contribution is 2.27. The highest BCUT2D eigenvalue weighted by Gasteiger charge is 2.14. The van der Waals surface area contributed by atoms with Gasteiger partial charge in [0.05, 0.1) is 17.7 Å². The quantitative estimate of drug-likeness (QED) is 0.618. The SMILES string of the molecule is COc1ccc(NC(=O)CCNS(=O)(=O)c2ccc(F)cc2)cc1NC(C)=O. The summed E-state index contributed by atoms with van der Waals surface area (Å²) in [4.78, 5) is 23.2. The van der Waals surface area contributed by atoms with E-state index in [1.807, 2.05) is 0 Å². The van der Waals surface area contributed by atoms with Crippen LogP contribution in [0, 0.1) is 5.82 Å². The number of sulfonamides is 1. The van der Waals surface area contributed by atoms with Crippen molar-refractivity contribution in [1.82, 2.24) is 4.72 Å². The monoisotopic (exact) mass is 409 g/mol. The molecule has 28 heavy (non-hydrogen) atoms. The van der Waals surface area contributed by atoms with Crippen LogP contribution in [0.4, 0.5) is 15.8 Å². The zero-order valence-electron chi connectivity index (χ0n) is 15.3. The molecule has 0 unspecified atom stereocenters. The van der Waals surface area contributed by atoms with E-state index in [0.29, 0.717) is 17.1 Å². The molecule has 0 spiro atoms. The Morgan fingerprint density at radius 2 is 1.75 bits per heavy atom. The molecule has 0 atom stereocenters. The van der Waals surface area contributed by atoms with E-state index in [1.165, 1.54) is 20.1 Å². The van der Waals surface area contributed by atoms with Gasteiger partial charge in [0.15, 0.2) is 0 Å². The molecule has 10 heteroatoms. The summed E-state index contributed by atoms with van der Waals surface area (Å²) in [5.41, 5.74) is 0.806. The number of halogens is 1. The molecule has 2 amide bonds. The minimum absolute atomic E-state index is 0.0931. The van der Waals surface area contributed by atoms with Crippen molar-refractivity contribution in [2.24, 2.45) is 0 Å². The summed E-state index contributed by atoms with van der Waals surface area (Å²) >= 11 is 0. The van der Waals surface area contributed by atoms with Crippen molar-refractivity contribution in [3.05, 3.63) is 48.3 Å². The molecule has 2 rings (SSSR count). The lowest BCUT2D eigenvalue weighted by Gasteiger charge is -2.12. The summed E-state index contributed by atoms with van der Waals surface area (Å²) in [7, 11) is -2.38. The maximum Gasteiger partial charge on any atom is 0.240 e. The molecule has 0 bridgehead atoms. The highest BCUT2D eigenvalue weighted by atomic mass is 32.2. The Balaban J connectivity index is 1.93. The second-order valence-electron chi connectivity index (χ2n) is 5.75. The molecule has 0 saturated heterocycles. The van der Waals surface area contributed by atoms with Crippen LogP contribution < -0.4 is 20.1 Å². The molecule has 0 fully saturated rings. The lowest BCUT2D eigenvalue weighted by molar-refractivity contribution is -0.116. The summed E-state index contributed by atoms with van der Waals surface area (Å²) in [5.74, 6) is -0.838. The van der Waals surface area contributed by atoms with E-state index >= 15 is 0 Å². The van der Waals surface area contributed by atoms with Crippen LogP contribution in [-0.4, -0.2) is 33.9 Å². The first-order valence-electron chi connectivity index (χ1n) is 8.22. The van der Waals surface area contributed by atoms with E-state index in [-0.39, 0.29) is 23.8 Å². The van der Waals surface area contributed by atoms with Crippen LogP contribution in [-0.2, 0) is 19.6 Å². The second kappa shape index (κ2) is 9.29. The van der Waals surface area contributed by atoms with Gasteiger partial charge in [0.2, 0.25) is 21.8 Å². The molecule has 150 valence electrons. The van der Waals surface area contributed by atoms with E-state index in [2.05, 4.69) is 15.4 Å². The maximum atomic E-state index is 12.9. The van der Waals surface area contributed by atoms with E-state index in [1.54, 1.807) is 12.1 Å². The lowest BCUT2D eigenvalue weighted by Crippen LogP contribution is -2.27. The van der Waals surface area contributed by atoms with Gasteiger partial charge in [-0.25, -0.2) is 17.5 Å². The zero-order valence-corrected chi connectivity index (χ0v) is 16.1. The van der Waals surface area contributed by atoms with E-state index in [0.717, 1.165) is 24.3 Å². The first-order valence-corrected chi connectivity index (χ1v) is 9.70. The third kappa shape index (κ3) is 6.03. The molecule has 0 aromatic heterocycles. The van der Waals surface area contributed by atoms with Crippen LogP contribution in [0.5, 0.6) is 5.75 Å². The fraction of sp³-hybridized carbons (Fsp3) is 0.222. The van der Waals surface area contributed by atoms with E-state index in [9.17, 15) is 22.4 Å². The molecule has 2 aromatic rings. The average molecular weight is 409 g/mol. The molecular weight excluding hydrogens is 389 g/mol. The number of hydrogen-bond acceptors (Lipinski definition) is 5. The van der Waals surface area contributed by atoms with Gasteiger partial charge in [0, 0.05) is 25.6 Å². The lowest BCUT2D eigenvalue weighted by atomic mass is 10.2. The molecule has 0 aliphatic carbocycles. The van der Waals surface area contributed by atoms with Crippen molar-refractivity contribution in [1.29, 1.82) is 0 Å².